The molecule has 0 fully saturated rings. The van der Waals surface area contributed by atoms with Crippen LogP contribution in [0.2, 0.25) is 0 Å². The van der Waals surface area contributed by atoms with E-state index in [1.165, 1.54) is 16.8 Å². The van der Waals surface area contributed by atoms with E-state index in [1.807, 2.05) is 13.8 Å². The summed E-state index contributed by atoms with van der Waals surface area (Å²) in [5.74, 6) is 0.131. The molecule has 20 heavy (non-hydrogen) atoms. The second-order valence-corrected chi connectivity index (χ2v) is 5.47. The molecule has 1 amide bonds. The molecule has 0 aromatic heterocycles. The monoisotopic (exact) mass is 275 g/mol. The van der Waals surface area contributed by atoms with Crippen molar-refractivity contribution in [2.24, 2.45) is 5.73 Å². The van der Waals surface area contributed by atoms with Crippen molar-refractivity contribution < 1.29 is 4.79 Å². The van der Waals surface area contributed by atoms with Gasteiger partial charge in [0.15, 0.2) is 0 Å². The van der Waals surface area contributed by atoms with E-state index in [-0.39, 0.29) is 11.9 Å². The average molecular weight is 275 g/mol. The number of hydrogen-bond acceptors (Lipinski definition) is 3. The van der Waals surface area contributed by atoms with Gasteiger partial charge in [-0.25, -0.2) is 0 Å². The van der Waals surface area contributed by atoms with E-state index in [2.05, 4.69) is 28.4 Å². The Balaban J connectivity index is 2.06. The number of nitrogens with two attached hydrogens (primary N) is 1. The molecule has 1 aromatic rings. The minimum Gasteiger partial charge on any atom is -0.371 e. The summed E-state index contributed by atoms with van der Waals surface area (Å²) < 4.78 is 0. The molecule has 1 heterocycles. The first-order valence-electron chi connectivity index (χ1n) is 7.52. The number of benzene rings is 1. The fourth-order valence-electron chi connectivity index (χ4n) is 2.73. The van der Waals surface area contributed by atoms with Crippen molar-refractivity contribution in [2.75, 3.05) is 24.5 Å². The molecule has 0 saturated heterocycles. The van der Waals surface area contributed by atoms with E-state index in [4.69, 9.17) is 5.73 Å². The molecule has 0 spiro atoms. The lowest BCUT2D eigenvalue weighted by Crippen LogP contribution is -2.34. The Morgan fingerprint density at radius 1 is 1.50 bits per heavy atom. The molecule has 1 aromatic carbocycles. The molecule has 0 bridgehead atoms. The number of amides is 1. The largest absolute Gasteiger partial charge is 0.371 e. The summed E-state index contributed by atoms with van der Waals surface area (Å²) in [6.45, 7) is 6.48. The lowest BCUT2D eigenvalue weighted by Gasteiger charge is -2.31. The number of aryl methyl sites for hydroxylation is 1. The molecule has 4 nitrogen and oxygen atoms in total. The Morgan fingerprint density at radius 2 is 2.30 bits per heavy atom. The summed E-state index contributed by atoms with van der Waals surface area (Å²) in [5.41, 5.74) is 9.77. The average Bonchev–Trinajstić information content (AvgIpc) is 2.44. The third kappa shape index (κ3) is 3.51. The maximum absolute atomic E-state index is 11.6. The van der Waals surface area contributed by atoms with Crippen molar-refractivity contribution in [3.63, 3.8) is 0 Å². The number of nitrogens with zero attached hydrogens (tertiary/aromatic N) is 1. The van der Waals surface area contributed by atoms with Crippen LogP contribution in [0.1, 0.15) is 43.9 Å². The number of nitrogens with one attached hydrogen (secondary N) is 1. The Morgan fingerprint density at radius 3 is 3.00 bits per heavy atom. The summed E-state index contributed by atoms with van der Waals surface area (Å²) in [6.07, 6.45) is 2.81. The highest BCUT2D eigenvalue weighted by Gasteiger charge is 2.18. The quantitative estimate of drug-likeness (QED) is 0.864. The van der Waals surface area contributed by atoms with Crippen molar-refractivity contribution in [1.82, 2.24) is 5.32 Å². The van der Waals surface area contributed by atoms with Crippen LogP contribution in [0.3, 0.4) is 0 Å². The smallest absolute Gasteiger partial charge is 0.221 e. The van der Waals surface area contributed by atoms with Crippen LogP contribution in [0, 0.1) is 0 Å². The van der Waals surface area contributed by atoms with Gasteiger partial charge in [0.1, 0.15) is 0 Å². The van der Waals surface area contributed by atoms with E-state index in [0.717, 1.165) is 25.9 Å². The van der Waals surface area contributed by atoms with E-state index in [0.29, 0.717) is 13.0 Å². The molecule has 1 unspecified atom stereocenters. The van der Waals surface area contributed by atoms with Crippen molar-refractivity contribution in [2.45, 2.75) is 39.2 Å². The van der Waals surface area contributed by atoms with Gasteiger partial charge in [0.2, 0.25) is 5.91 Å². The number of carbonyl (C=O) groups excluding carboxylic acids is 1. The van der Waals surface area contributed by atoms with Crippen molar-refractivity contribution >= 4 is 11.6 Å². The van der Waals surface area contributed by atoms with Gasteiger partial charge in [-0.05, 0) is 43.9 Å². The van der Waals surface area contributed by atoms with Crippen LogP contribution in [0.25, 0.3) is 0 Å². The predicted octanol–water partition coefficient (Wildman–Crippen LogP) is 1.99. The minimum absolute atomic E-state index is 0.0750. The first kappa shape index (κ1) is 14.9. The van der Waals surface area contributed by atoms with Crippen LogP contribution in [-0.2, 0) is 11.2 Å². The third-order valence-corrected chi connectivity index (χ3v) is 3.83. The molecule has 1 atom stereocenters. The summed E-state index contributed by atoms with van der Waals surface area (Å²) in [5, 5.41) is 2.85. The SMILES string of the molecule is CCNC(=O)CCN1CCCc2cc(C(C)N)ccc21. The summed E-state index contributed by atoms with van der Waals surface area (Å²) >= 11 is 0. The van der Waals surface area contributed by atoms with Gasteiger partial charge >= 0.3 is 0 Å². The molecule has 0 saturated carbocycles. The van der Waals surface area contributed by atoms with Gasteiger partial charge < -0.3 is 16.0 Å². The van der Waals surface area contributed by atoms with Crippen LogP contribution in [0.5, 0.6) is 0 Å². The van der Waals surface area contributed by atoms with E-state index in [9.17, 15) is 4.79 Å². The molecule has 2 rings (SSSR count). The number of carbonyl (C=O) groups is 1. The topological polar surface area (TPSA) is 58.4 Å². The molecule has 0 aliphatic carbocycles. The Bertz CT molecular complexity index is 471. The van der Waals surface area contributed by atoms with Crippen molar-refractivity contribution in [1.29, 1.82) is 0 Å². The van der Waals surface area contributed by atoms with Crippen molar-refractivity contribution in [3.8, 4) is 0 Å². The highest BCUT2D eigenvalue weighted by Crippen LogP contribution is 2.29. The first-order chi connectivity index (χ1) is 9.61. The summed E-state index contributed by atoms with van der Waals surface area (Å²) in [4.78, 5) is 13.9. The van der Waals surface area contributed by atoms with Gasteiger partial charge in [-0.1, -0.05) is 12.1 Å². The number of rotatable bonds is 5. The Kier molecular flexibility index (Phi) is 5.01. The molecular weight excluding hydrogens is 250 g/mol. The molecule has 1 aliphatic rings. The van der Waals surface area contributed by atoms with Crippen LogP contribution in [-0.4, -0.2) is 25.5 Å². The van der Waals surface area contributed by atoms with Gasteiger partial charge in [-0.15, -0.1) is 0 Å². The molecule has 3 N–H and O–H groups in total. The van der Waals surface area contributed by atoms with Crippen LogP contribution < -0.4 is 16.0 Å². The second-order valence-electron chi connectivity index (χ2n) is 5.47. The van der Waals surface area contributed by atoms with Gasteiger partial charge in [-0.3, -0.25) is 4.79 Å². The fraction of sp³-hybridized carbons (Fsp3) is 0.562. The maximum atomic E-state index is 11.6. The van der Waals surface area contributed by atoms with E-state index in [1.54, 1.807) is 0 Å². The Labute approximate surface area is 121 Å². The third-order valence-electron chi connectivity index (χ3n) is 3.83. The van der Waals surface area contributed by atoms with Gasteiger partial charge in [0, 0.05) is 37.8 Å². The predicted molar refractivity (Wildman–Crippen MR) is 82.9 cm³/mol. The number of hydrogen-bond donors (Lipinski definition) is 2. The lowest BCUT2D eigenvalue weighted by atomic mass is 9.97. The Hall–Kier alpha value is -1.55. The van der Waals surface area contributed by atoms with Gasteiger partial charge in [0.05, 0.1) is 0 Å². The normalized spacial score (nSPS) is 15.7. The lowest BCUT2D eigenvalue weighted by molar-refractivity contribution is -0.120. The van der Waals surface area contributed by atoms with Crippen LogP contribution in [0.4, 0.5) is 5.69 Å². The first-order valence-corrected chi connectivity index (χ1v) is 7.52. The van der Waals surface area contributed by atoms with E-state index < -0.39 is 0 Å². The standard InChI is InChI=1S/C16H25N3O/c1-3-18-16(20)8-10-19-9-4-5-14-11-13(12(2)17)6-7-15(14)19/h6-7,11-12H,3-5,8-10,17H2,1-2H3,(H,18,20). The van der Waals surface area contributed by atoms with E-state index >= 15 is 0 Å². The molecule has 110 valence electrons. The summed E-state index contributed by atoms with van der Waals surface area (Å²) in [6, 6.07) is 6.56. The zero-order valence-corrected chi connectivity index (χ0v) is 12.5. The molecule has 0 radical (unpaired) electrons. The molecule has 1 aliphatic heterocycles. The minimum atomic E-state index is 0.0750. The molecular formula is C16H25N3O. The van der Waals surface area contributed by atoms with Crippen LogP contribution >= 0.6 is 0 Å². The molecule has 4 heteroatoms. The number of anilines is 1. The zero-order chi connectivity index (χ0) is 14.5. The number of fused-ring (bicyclic) bond motifs is 1. The fourth-order valence-corrected chi connectivity index (χ4v) is 2.73. The second kappa shape index (κ2) is 6.75. The highest BCUT2D eigenvalue weighted by atomic mass is 16.1. The van der Waals surface area contributed by atoms with Crippen LogP contribution in [0.15, 0.2) is 18.2 Å². The maximum Gasteiger partial charge on any atom is 0.221 e. The highest BCUT2D eigenvalue weighted by molar-refractivity contribution is 5.76. The zero-order valence-electron chi connectivity index (χ0n) is 12.5. The summed E-state index contributed by atoms with van der Waals surface area (Å²) in [7, 11) is 0. The van der Waals surface area contributed by atoms with Gasteiger partial charge in [-0.2, -0.15) is 0 Å². The van der Waals surface area contributed by atoms with Gasteiger partial charge in [0.25, 0.3) is 0 Å². The van der Waals surface area contributed by atoms with Crippen molar-refractivity contribution in [3.05, 3.63) is 29.3 Å².